The van der Waals surface area contributed by atoms with E-state index in [-0.39, 0.29) is 0 Å². The van der Waals surface area contributed by atoms with Crippen LogP contribution >= 0.6 is 0 Å². The Labute approximate surface area is 177 Å². The van der Waals surface area contributed by atoms with E-state index in [0.29, 0.717) is 13.2 Å². The molecule has 30 heavy (non-hydrogen) atoms. The number of nitrogens with zero attached hydrogens (tertiary/aromatic N) is 2. The van der Waals surface area contributed by atoms with E-state index in [9.17, 15) is 0 Å². The largest absolute Gasteiger partial charge is 0.497 e. The molecule has 0 saturated heterocycles. The van der Waals surface area contributed by atoms with E-state index in [2.05, 4.69) is 59.2 Å². The second-order valence-electron chi connectivity index (χ2n) is 7.12. The lowest BCUT2D eigenvalue weighted by Crippen LogP contribution is -2.04. The molecular weight excluding hydrogens is 372 g/mol. The Balaban J connectivity index is 1.43. The maximum atomic E-state index is 5.89. The molecule has 0 fully saturated rings. The minimum atomic E-state index is 0.585. The highest BCUT2D eigenvalue weighted by Crippen LogP contribution is 2.31. The number of methoxy groups -OCH3 is 1. The van der Waals surface area contributed by atoms with Gasteiger partial charge < -0.3 is 14.0 Å². The van der Waals surface area contributed by atoms with Gasteiger partial charge in [-0.25, -0.2) is 4.98 Å². The summed E-state index contributed by atoms with van der Waals surface area (Å²) in [5, 5.41) is 0. The van der Waals surface area contributed by atoms with Crippen molar-refractivity contribution in [2.45, 2.75) is 19.6 Å². The number of hydrogen-bond acceptors (Lipinski definition) is 3. The standard InChI is InChI=1S/C26H26N2O2/c1-29-24-15-8-10-21(18-24)19-30-17-9-16-28-20-27-25(22-11-4-2-5-12-22)26(28)23-13-6-3-7-14-23/h2-8,10-15,18,20H,9,16-17,19H2,1H3. The number of hydrogen-bond donors (Lipinski definition) is 0. The van der Waals surface area contributed by atoms with Crippen molar-refractivity contribution in [1.82, 2.24) is 9.55 Å². The molecule has 152 valence electrons. The first-order chi connectivity index (χ1) is 14.8. The predicted octanol–water partition coefficient (Wildman–Crippen LogP) is 5.83. The van der Waals surface area contributed by atoms with Crippen LogP contribution in [0.25, 0.3) is 22.5 Å². The highest BCUT2D eigenvalue weighted by atomic mass is 16.5. The van der Waals surface area contributed by atoms with E-state index >= 15 is 0 Å². The lowest BCUT2D eigenvalue weighted by Gasteiger charge is -2.11. The molecule has 0 saturated carbocycles. The van der Waals surface area contributed by atoms with Gasteiger partial charge in [-0.1, -0.05) is 72.8 Å². The van der Waals surface area contributed by atoms with Gasteiger partial charge in [-0.3, -0.25) is 0 Å². The highest BCUT2D eigenvalue weighted by molar-refractivity contribution is 5.78. The molecule has 0 bridgehead atoms. The van der Waals surface area contributed by atoms with Crippen LogP contribution in [0.15, 0.2) is 91.3 Å². The van der Waals surface area contributed by atoms with Gasteiger partial charge in [-0.15, -0.1) is 0 Å². The number of aryl methyl sites for hydroxylation is 1. The van der Waals surface area contributed by atoms with Gasteiger partial charge in [-0.05, 0) is 24.1 Å². The molecule has 0 radical (unpaired) electrons. The number of benzene rings is 3. The monoisotopic (exact) mass is 398 g/mol. The topological polar surface area (TPSA) is 36.3 Å². The van der Waals surface area contributed by atoms with Crippen molar-refractivity contribution in [3.05, 3.63) is 96.8 Å². The van der Waals surface area contributed by atoms with Crippen LogP contribution in [0, 0.1) is 0 Å². The fourth-order valence-electron chi connectivity index (χ4n) is 3.55. The third-order valence-corrected chi connectivity index (χ3v) is 5.02. The van der Waals surface area contributed by atoms with Crippen molar-refractivity contribution in [2.24, 2.45) is 0 Å². The molecule has 0 aliphatic rings. The quantitative estimate of drug-likeness (QED) is 0.333. The summed E-state index contributed by atoms with van der Waals surface area (Å²) in [7, 11) is 1.68. The summed E-state index contributed by atoms with van der Waals surface area (Å²) >= 11 is 0. The zero-order valence-corrected chi connectivity index (χ0v) is 17.2. The first-order valence-electron chi connectivity index (χ1n) is 10.2. The van der Waals surface area contributed by atoms with E-state index in [1.54, 1.807) is 7.11 Å². The van der Waals surface area contributed by atoms with Crippen LogP contribution in [0.5, 0.6) is 5.75 Å². The summed E-state index contributed by atoms with van der Waals surface area (Å²) in [5.41, 5.74) is 5.58. The zero-order chi connectivity index (χ0) is 20.6. The lowest BCUT2D eigenvalue weighted by atomic mass is 10.0. The third-order valence-electron chi connectivity index (χ3n) is 5.02. The van der Waals surface area contributed by atoms with Crippen molar-refractivity contribution in [1.29, 1.82) is 0 Å². The highest BCUT2D eigenvalue weighted by Gasteiger charge is 2.14. The van der Waals surface area contributed by atoms with Crippen molar-refractivity contribution in [3.8, 4) is 28.3 Å². The third kappa shape index (κ3) is 4.78. The molecule has 0 amide bonds. The Morgan fingerprint density at radius 3 is 2.30 bits per heavy atom. The molecule has 0 N–H and O–H groups in total. The van der Waals surface area contributed by atoms with Crippen LogP contribution in [0.3, 0.4) is 0 Å². The lowest BCUT2D eigenvalue weighted by molar-refractivity contribution is 0.115. The van der Waals surface area contributed by atoms with Crippen molar-refractivity contribution < 1.29 is 9.47 Å². The molecule has 4 rings (SSSR count). The van der Waals surface area contributed by atoms with Crippen LogP contribution in [0.2, 0.25) is 0 Å². The van der Waals surface area contributed by atoms with Gasteiger partial charge in [0, 0.05) is 24.3 Å². The summed E-state index contributed by atoms with van der Waals surface area (Å²) in [6, 6.07) is 28.8. The van der Waals surface area contributed by atoms with Crippen molar-refractivity contribution in [3.63, 3.8) is 0 Å². The first kappa shape index (κ1) is 19.9. The first-order valence-corrected chi connectivity index (χ1v) is 10.2. The molecule has 0 spiro atoms. The number of aromatic nitrogens is 2. The molecule has 4 nitrogen and oxygen atoms in total. The smallest absolute Gasteiger partial charge is 0.119 e. The van der Waals surface area contributed by atoms with E-state index < -0.39 is 0 Å². The van der Waals surface area contributed by atoms with Crippen molar-refractivity contribution in [2.75, 3.05) is 13.7 Å². The van der Waals surface area contributed by atoms with E-state index in [1.165, 1.54) is 5.56 Å². The Morgan fingerprint density at radius 1 is 0.833 bits per heavy atom. The van der Waals surface area contributed by atoms with Gasteiger partial charge in [-0.2, -0.15) is 0 Å². The van der Waals surface area contributed by atoms with Crippen LogP contribution in [-0.4, -0.2) is 23.3 Å². The molecule has 0 atom stereocenters. The summed E-state index contributed by atoms with van der Waals surface area (Å²) in [6.07, 6.45) is 2.85. The fourth-order valence-corrected chi connectivity index (χ4v) is 3.55. The van der Waals surface area contributed by atoms with Gasteiger partial charge in [0.05, 0.1) is 31.4 Å². The summed E-state index contributed by atoms with van der Waals surface area (Å²) in [4.78, 5) is 4.74. The fraction of sp³-hybridized carbons (Fsp3) is 0.192. The van der Waals surface area contributed by atoms with Crippen molar-refractivity contribution >= 4 is 0 Å². The van der Waals surface area contributed by atoms with E-state index in [4.69, 9.17) is 14.5 Å². The Bertz CT molecular complexity index is 1060. The summed E-state index contributed by atoms with van der Waals surface area (Å²) in [6.45, 7) is 2.12. The SMILES string of the molecule is COc1cccc(COCCCn2cnc(-c3ccccc3)c2-c2ccccc2)c1. The molecule has 3 aromatic carbocycles. The molecule has 4 heteroatoms. The number of ether oxygens (including phenoxy) is 2. The minimum Gasteiger partial charge on any atom is -0.497 e. The van der Waals surface area contributed by atoms with Crippen LogP contribution in [0.4, 0.5) is 0 Å². The van der Waals surface area contributed by atoms with E-state index in [1.807, 2.05) is 36.7 Å². The molecule has 0 aliphatic heterocycles. The molecular formula is C26H26N2O2. The second-order valence-corrected chi connectivity index (χ2v) is 7.12. The normalized spacial score (nSPS) is 10.8. The van der Waals surface area contributed by atoms with Gasteiger partial charge in [0.15, 0.2) is 0 Å². The molecule has 1 aromatic heterocycles. The zero-order valence-electron chi connectivity index (χ0n) is 17.2. The van der Waals surface area contributed by atoms with Gasteiger partial charge in [0.1, 0.15) is 5.75 Å². The van der Waals surface area contributed by atoms with E-state index in [0.717, 1.165) is 41.2 Å². The average Bonchev–Trinajstić information content (AvgIpc) is 3.24. The van der Waals surface area contributed by atoms with Crippen LogP contribution in [0.1, 0.15) is 12.0 Å². The van der Waals surface area contributed by atoms with Crippen LogP contribution < -0.4 is 4.74 Å². The Morgan fingerprint density at radius 2 is 1.57 bits per heavy atom. The maximum absolute atomic E-state index is 5.89. The van der Waals surface area contributed by atoms with Gasteiger partial charge in [0.25, 0.3) is 0 Å². The molecule has 1 heterocycles. The van der Waals surface area contributed by atoms with Gasteiger partial charge >= 0.3 is 0 Å². The summed E-state index contributed by atoms with van der Waals surface area (Å²) < 4.78 is 13.4. The molecule has 0 aliphatic carbocycles. The average molecular weight is 399 g/mol. The Hall–Kier alpha value is -3.37. The maximum Gasteiger partial charge on any atom is 0.119 e. The Kier molecular flexibility index (Phi) is 6.58. The predicted molar refractivity (Wildman–Crippen MR) is 120 cm³/mol. The molecule has 0 unspecified atom stereocenters. The van der Waals surface area contributed by atoms with Gasteiger partial charge in [0.2, 0.25) is 0 Å². The minimum absolute atomic E-state index is 0.585. The number of rotatable bonds is 9. The van der Waals surface area contributed by atoms with Crippen LogP contribution in [-0.2, 0) is 17.9 Å². The molecule has 4 aromatic rings. The number of imidazole rings is 1. The summed E-state index contributed by atoms with van der Waals surface area (Å²) in [5.74, 6) is 0.857. The second kappa shape index (κ2) is 9.90.